The molecule has 2 N–H and O–H groups in total. The molecule has 0 bridgehead atoms. The van der Waals surface area contributed by atoms with Crippen molar-refractivity contribution < 1.29 is 24.2 Å². The summed E-state index contributed by atoms with van der Waals surface area (Å²) in [6.45, 7) is 0.182. The molecule has 0 aromatic heterocycles. The lowest BCUT2D eigenvalue weighted by Gasteiger charge is -2.14. The summed E-state index contributed by atoms with van der Waals surface area (Å²) in [7, 11) is 1.55. The monoisotopic (exact) mass is 292 g/mol. The number of amides is 3. The van der Waals surface area contributed by atoms with Crippen molar-refractivity contribution in [2.75, 3.05) is 13.7 Å². The van der Waals surface area contributed by atoms with Crippen LogP contribution in [0.5, 0.6) is 5.75 Å². The van der Waals surface area contributed by atoms with E-state index in [9.17, 15) is 14.4 Å². The van der Waals surface area contributed by atoms with Gasteiger partial charge in [-0.05, 0) is 18.1 Å². The van der Waals surface area contributed by atoms with E-state index < -0.39 is 30.4 Å². The summed E-state index contributed by atoms with van der Waals surface area (Å²) in [4.78, 5) is 35.4. The molecule has 2 rings (SSSR count). The van der Waals surface area contributed by atoms with E-state index in [-0.39, 0.29) is 6.54 Å². The van der Waals surface area contributed by atoms with E-state index in [4.69, 9.17) is 9.84 Å². The highest BCUT2D eigenvalue weighted by Gasteiger charge is 2.38. The zero-order chi connectivity index (χ0) is 15.4. The lowest BCUT2D eigenvalue weighted by molar-refractivity contribution is -0.140. The van der Waals surface area contributed by atoms with Gasteiger partial charge in [-0.25, -0.2) is 4.79 Å². The van der Waals surface area contributed by atoms with Crippen LogP contribution < -0.4 is 10.1 Å². The maximum Gasteiger partial charge on any atom is 0.324 e. The van der Waals surface area contributed by atoms with Crippen LogP contribution in [0, 0.1) is 0 Å². The summed E-state index contributed by atoms with van der Waals surface area (Å²) in [5.74, 6) is -0.941. The van der Waals surface area contributed by atoms with Gasteiger partial charge in [0.2, 0.25) is 0 Å². The predicted octanol–water partition coefficient (Wildman–Crippen LogP) is 0.633. The second kappa shape index (κ2) is 6.25. The fourth-order valence-electron chi connectivity index (χ4n) is 2.24. The molecule has 1 aliphatic heterocycles. The predicted molar refractivity (Wildman–Crippen MR) is 73.0 cm³/mol. The largest absolute Gasteiger partial charge is 0.496 e. The van der Waals surface area contributed by atoms with Gasteiger partial charge in [-0.2, -0.15) is 0 Å². The van der Waals surface area contributed by atoms with Gasteiger partial charge in [0.25, 0.3) is 5.91 Å². The zero-order valence-corrected chi connectivity index (χ0v) is 11.5. The number of carbonyl (C=O) groups excluding carboxylic acids is 2. The third-order valence-electron chi connectivity index (χ3n) is 3.28. The van der Waals surface area contributed by atoms with E-state index in [1.54, 1.807) is 13.2 Å². The highest BCUT2D eigenvalue weighted by atomic mass is 16.5. The molecule has 0 spiro atoms. The fraction of sp³-hybridized carbons (Fsp3) is 0.357. The molecule has 1 fully saturated rings. The van der Waals surface area contributed by atoms with Crippen LogP contribution in [-0.2, 0) is 16.0 Å². The maximum atomic E-state index is 12.0. The van der Waals surface area contributed by atoms with Gasteiger partial charge in [-0.15, -0.1) is 0 Å². The van der Waals surface area contributed by atoms with Gasteiger partial charge in [0.05, 0.1) is 13.5 Å². The number of rotatable bonds is 6. The Bertz CT molecular complexity index is 572. The summed E-state index contributed by atoms with van der Waals surface area (Å²) in [5, 5.41) is 11.1. The Morgan fingerprint density at radius 1 is 1.38 bits per heavy atom. The SMILES string of the molecule is COc1ccccc1CCN1C(=O)N[C@@H](CC(=O)O)C1=O. The van der Waals surface area contributed by atoms with Crippen molar-refractivity contribution in [1.29, 1.82) is 0 Å². The van der Waals surface area contributed by atoms with Crippen molar-refractivity contribution in [3.8, 4) is 5.75 Å². The van der Waals surface area contributed by atoms with Gasteiger partial charge >= 0.3 is 12.0 Å². The number of aliphatic carboxylic acids is 1. The van der Waals surface area contributed by atoms with Crippen LogP contribution in [-0.4, -0.2) is 47.6 Å². The van der Waals surface area contributed by atoms with Crippen molar-refractivity contribution in [2.24, 2.45) is 0 Å². The van der Waals surface area contributed by atoms with Gasteiger partial charge in [-0.1, -0.05) is 18.2 Å². The number of methoxy groups -OCH3 is 1. The van der Waals surface area contributed by atoms with Crippen molar-refractivity contribution in [3.63, 3.8) is 0 Å². The Labute approximate surface area is 121 Å². The topological polar surface area (TPSA) is 95.9 Å². The van der Waals surface area contributed by atoms with Crippen LogP contribution in [0.15, 0.2) is 24.3 Å². The first-order valence-electron chi connectivity index (χ1n) is 6.48. The number of nitrogens with one attached hydrogen (secondary N) is 1. The molecule has 1 heterocycles. The van der Waals surface area contributed by atoms with Crippen LogP contribution in [0.25, 0.3) is 0 Å². The molecule has 1 saturated heterocycles. The molecule has 0 unspecified atom stereocenters. The maximum absolute atomic E-state index is 12.0. The van der Waals surface area contributed by atoms with Gasteiger partial charge in [0, 0.05) is 6.54 Å². The van der Waals surface area contributed by atoms with Crippen LogP contribution in [0.2, 0.25) is 0 Å². The van der Waals surface area contributed by atoms with Crippen LogP contribution in [0.1, 0.15) is 12.0 Å². The number of imide groups is 1. The van der Waals surface area contributed by atoms with Crippen molar-refractivity contribution in [3.05, 3.63) is 29.8 Å². The van der Waals surface area contributed by atoms with Gasteiger partial charge in [0.1, 0.15) is 11.8 Å². The van der Waals surface area contributed by atoms with Gasteiger partial charge < -0.3 is 15.2 Å². The molecule has 112 valence electrons. The average molecular weight is 292 g/mol. The first kappa shape index (κ1) is 14.8. The fourth-order valence-corrected chi connectivity index (χ4v) is 2.24. The minimum absolute atomic E-state index is 0.182. The molecule has 21 heavy (non-hydrogen) atoms. The Morgan fingerprint density at radius 3 is 2.76 bits per heavy atom. The normalized spacial score (nSPS) is 17.8. The van der Waals surface area contributed by atoms with Crippen LogP contribution >= 0.6 is 0 Å². The second-order valence-electron chi connectivity index (χ2n) is 4.65. The highest BCUT2D eigenvalue weighted by molar-refractivity contribution is 6.05. The van der Waals surface area contributed by atoms with E-state index in [1.807, 2.05) is 18.2 Å². The number of para-hydroxylation sites is 1. The number of hydrogen-bond acceptors (Lipinski definition) is 4. The molecule has 1 aromatic rings. The molecule has 7 nitrogen and oxygen atoms in total. The van der Waals surface area contributed by atoms with Crippen LogP contribution in [0.4, 0.5) is 4.79 Å². The number of nitrogens with zero attached hydrogens (tertiary/aromatic N) is 1. The summed E-state index contributed by atoms with van der Waals surface area (Å²) in [5.41, 5.74) is 0.877. The van der Waals surface area contributed by atoms with Crippen molar-refractivity contribution in [1.82, 2.24) is 10.2 Å². The van der Waals surface area contributed by atoms with Crippen molar-refractivity contribution >= 4 is 17.9 Å². The van der Waals surface area contributed by atoms with Crippen molar-refractivity contribution in [2.45, 2.75) is 18.9 Å². The molecule has 7 heteroatoms. The molecule has 1 atom stereocenters. The second-order valence-corrected chi connectivity index (χ2v) is 4.65. The molecule has 0 radical (unpaired) electrons. The minimum atomic E-state index is -1.12. The summed E-state index contributed by atoms with van der Waals surface area (Å²) in [6.07, 6.45) is 0.0404. The first-order valence-corrected chi connectivity index (χ1v) is 6.48. The summed E-state index contributed by atoms with van der Waals surface area (Å²) >= 11 is 0. The Morgan fingerprint density at radius 2 is 2.10 bits per heavy atom. The molecule has 3 amide bonds. The lowest BCUT2D eigenvalue weighted by Crippen LogP contribution is -2.34. The molecule has 0 saturated carbocycles. The number of carbonyl (C=O) groups is 3. The first-order chi connectivity index (χ1) is 10.0. The highest BCUT2D eigenvalue weighted by Crippen LogP contribution is 2.19. The van der Waals surface area contributed by atoms with Gasteiger partial charge in [-0.3, -0.25) is 14.5 Å². The van der Waals surface area contributed by atoms with Gasteiger partial charge in [0.15, 0.2) is 0 Å². The third-order valence-corrected chi connectivity index (χ3v) is 3.28. The number of hydrogen-bond donors (Lipinski definition) is 2. The van der Waals surface area contributed by atoms with E-state index >= 15 is 0 Å². The molecular formula is C14H16N2O5. The number of urea groups is 1. The molecular weight excluding hydrogens is 276 g/mol. The Balaban J connectivity index is 2.01. The van der Waals surface area contributed by atoms with E-state index in [2.05, 4.69) is 5.32 Å². The van der Waals surface area contributed by atoms with E-state index in [1.165, 1.54) is 0 Å². The number of benzene rings is 1. The summed E-state index contributed by atoms with van der Waals surface area (Å²) < 4.78 is 5.21. The minimum Gasteiger partial charge on any atom is -0.496 e. The van der Waals surface area contributed by atoms with E-state index in [0.717, 1.165) is 10.5 Å². The zero-order valence-electron chi connectivity index (χ0n) is 11.5. The smallest absolute Gasteiger partial charge is 0.324 e. The van der Waals surface area contributed by atoms with Crippen LogP contribution in [0.3, 0.4) is 0 Å². The summed E-state index contributed by atoms with van der Waals surface area (Å²) in [6, 6.07) is 5.80. The Kier molecular flexibility index (Phi) is 4.42. The molecule has 0 aliphatic carbocycles. The molecule has 1 aliphatic rings. The lowest BCUT2D eigenvalue weighted by atomic mass is 10.1. The quantitative estimate of drug-likeness (QED) is 0.750. The molecule has 1 aromatic carbocycles. The average Bonchev–Trinajstić information content (AvgIpc) is 2.71. The number of carboxylic acid groups (broad SMARTS) is 1. The Hall–Kier alpha value is -2.57. The number of carboxylic acids is 1. The third kappa shape index (κ3) is 3.31. The van der Waals surface area contributed by atoms with E-state index in [0.29, 0.717) is 12.2 Å². The standard InChI is InChI=1S/C14H16N2O5/c1-21-11-5-3-2-4-9(11)6-7-16-13(19)10(8-12(17)18)15-14(16)20/h2-5,10H,6-8H2,1H3,(H,15,20)(H,17,18)/t10-/m0/s1. The number of ether oxygens (including phenoxy) is 1.